The van der Waals surface area contributed by atoms with Crippen LogP contribution >= 0.6 is 0 Å². The van der Waals surface area contributed by atoms with Crippen molar-refractivity contribution in [3.05, 3.63) is 70.9 Å². The fraction of sp³-hybridized carbons (Fsp3) is 0.318. The number of carboxylic acid groups (broad SMARTS) is 1. The minimum Gasteiger partial charge on any atom is -0.477 e. The van der Waals surface area contributed by atoms with Crippen LogP contribution in [0.25, 0.3) is 10.9 Å². The summed E-state index contributed by atoms with van der Waals surface area (Å²) in [5, 5.41) is 14.4. The first-order chi connectivity index (χ1) is 12.5. The number of aromatic nitrogens is 1. The number of nitrogens with one attached hydrogen (secondary N) is 1. The Morgan fingerprint density at radius 2 is 1.96 bits per heavy atom. The molecule has 0 spiro atoms. The Balaban J connectivity index is 2.11. The quantitative estimate of drug-likeness (QED) is 0.655. The van der Waals surface area contributed by atoms with Gasteiger partial charge >= 0.3 is 5.97 Å². The topological polar surface area (TPSA) is 54.3 Å². The Morgan fingerprint density at radius 3 is 2.65 bits per heavy atom. The van der Waals surface area contributed by atoms with Crippen molar-refractivity contribution in [3.8, 4) is 0 Å². The summed E-state index contributed by atoms with van der Waals surface area (Å²) >= 11 is 0. The number of fused-ring (bicyclic) bond motifs is 1. The summed E-state index contributed by atoms with van der Waals surface area (Å²) in [6, 6.07) is 16.5. The third-order valence-corrected chi connectivity index (χ3v) is 4.94. The zero-order valence-electron chi connectivity index (χ0n) is 15.6. The van der Waals surface area contributed by atoms with Gasteiger partial charge in [-0.2, -0.15) is 0 Å². The Morgan fingerprint density at radius 1 is 1.19 bits per heavy atom. The molecule has 0 aliphatic carbocycles. The Bertz CT molecular complexity index is 927. The molecule has 4 nitrogen and oxygen atoms in total. The second-order valence-corrected chi connectivity index (χ2v) is 6.91. The molecule has 2 N–H and O–H groups in total. The van der Waals surface area contributed by atoms with Crippen LogP contribution in [0.4, 0.5) is 0 Å². The zero-order valence-corrected chi connectivity index (χ0v) is 15.6. The van der Waals surface area contributed by atoms with Crippen molar-refractivity contribution >= 4 is 16.9 Å². The van der Waals surface area contributed by atoms with E-state index in [2.05, 4.69) is 38.2 Å². The number of hydrogen-bond acceptors (Lipinski definition) is 2. The summed E-state index contributed by atoms with van der Waals surface area (Å²) in [5.74, 6) is -0.880. The summed E-state index contributed by atoms with van der Waals surface area (Å²) in [5.41, 5.74) is 4.49. The van der Waals surface area contributed by atoms with Crippen LogP contribution in [0.3, 0.4) is 0 Å². The van der Waals surface area contributed by atoms with Gasteiger partial charge in [0.25, 0.3) is 0 Å². The highest BCUT2D eigenvalue weighted by molar-refractivity contribution is 5.98. The van der Waals surface area contributed by atoms with Gasteiger partial charge in [-0.15, -0.1) is 0 Å². The van der Waals surface area contributed by atoms with E-state index in [0.717, 1.165) is 28.5 Å². The molecule has 0 bridgehead atoms. The van der Waals surface area contributed by atoms with E-state index in [4.69, 9.17) is 0 Å². The van der Waals surface area contributed by atoms with E-state index >= 15 is 0 Å². The highest BCUT2D eigenvalue weighted by atomic mass is 16.4. The van der Waals surface area contributed by atoms with Gasteiger partial charge in [0.05, 0.1) is 0 Å². The number of rotatable bonds is 7. The molecule has 4 heteroatoms. The van der Waals surface area contributed by atoms with Crippen molar-refractivity contribution in [1.29, 1.82) is 0 Å². The lowest BCUT2D eigenvalue weighted by Crippen LogP contribution is -2.25. The third kappa shape index (κ3) is 3.65. The van der Waals surface area contributed by atoms with Gasteiger partial charge in [-0.3, -0.25) is 0 Å². The van der Waals surface area contributed by atoms with Crippen molar-refractivity contribution in [2.75, 3.05) is 0 Å². The molecule has 0 amide bonds. The number of para-hydroxylation sites is 1. The number of aryl methyl sites for hydroxylation is 1. The zero-order chi connectivity index (χ0) is 18.7. The molecule has 1 heterocycles. The molecule has 1 atom stereocenters. The molecule has 3 aromatic rings. The average molecular weight is 350 g/mol. The Hall–Kier alpha value is -2.59. The Kier molecular flexibility index (Phi) is 5.43. The van der Waals surface area contributed by atoms with Gasteiger partial charge in [-0.25, -0.2) is 4.79 Å². The lowest BCUT2D eigenvalue weighted by atomic mass is 10.1. The van der Waals surface area contributed by atoms with Crippen LogP contribution in [0.1, 0.15) is 47.4 Å². The van der Waals surface area contributed by atoms with Crippen LogP contribution in [0.15, 0.2) is 48.5 Å². The molecule has 0 unspecified atom stereocenters. The van der Waals surface area contributed by atoms with Gasteiger partial charge in [-0.05, 0) is 31.9 Å². The fourth-order valence-corrected chi connectivity index (χ4v) is 3.38. The van der Waals surface area contributed by atoms with Gasteiger partial charge in [0, 0.05) is 35.6 Å². The first-order valence-corrected chi connectivity index (χ1v) is 9.13. The summed E-state index contributed by atoms with van der Waals surface area (Å²) in [6.07, 6.45) is 1.00. The highest BCUT2D eigenvalue weighted by Crippen LogP contribution is 2.28. The lowest BCUT2D eigenvalue weighted by Gasteiger charge is -2.13. The van der Waals surface area contributed by atoms with Gasteiger partial charge in [0.1, 0.15) is 5.69 Å². The molecule has 0 aliphatic heterocycles. The highest BCUT2D eigenvalue weighted by Gasteiger charge is 2.22. The van der Waals surface area contributed by atoms with E-state index in [9.17, 15) is 9.90 Å². The number of carbonyl (C=O) groups is 1. The molecule has 2 aromatic carbocycles. The minimum absolute atomic E-state index is 0.343. The predicted octanol–water partition coefficient (Wildman–Crippen LogP) is 4.58. The standard InChI is InChI=1S/C22H26N2O2/c1-4-16(3)23-13-19-18-10-5-6-11-20(18)24(21(19)22(25)26)14-17-9-7-8-15(2)12-17/h5-12,16,23H,4,13-14H2,1-3H3,(H,25,26)/t16-/m0/s1. The molecule has 0 aliphatic rings. The number of aromatic carboxylic acids is 1. The van der Waals surface area contributed by atoms with Gasteiger partial charge in [0.2, 0.25) is 0 Å². The predicted molar refractivity (Wildman–Crippen MR) is 106 cm³/mol. The molecule has 0 fully saturated rings. The van der Waals surface area contributed by atoms with E-state index in [0.29, 0.717) is 24.8 Å². The maximum atomic E-state index is 12.1. The van der Waals surface area contributed by atoms with Crippen molar-refractivity contribution < 1.29 is 9.90 Å². The third-order valence-electron chi connectivity index (χ3n) is 4.94. The van der Waals surface area contributed by atoms with E-state index in [1.54, 1.807) is 0 Å². The molecule has 0 saturated carbocycles. The minimum atomic E-state index is -0.880. The second-order valence-electron chi connectivity index (χ2n) is 6.91. The smallest absolute Gasteiger partial charge is 0.352 e. The first kappa shape index (κ1) is 18.2. The van der Waals surface area contributed by atoms with Crippen molar-refractivity contribution in [2.24, 2.45) is 0 Å². The molecular formula is C22H26N2O2. The Labute approximate surface area is 154 Å². The normalized spacial score (nSPS) is 12.4. The van der Waals surface area contributed by atoms with Crippen LogP contribution in [-0.2, 0) is 13.1 Å². The van der Waals surface area contributed by atoms with E-state index in [-0.39, 0.29) is 0 Å². The van der Waals surface area contributed by atoms with E-state index in [1.807, 2.05) is 41.0 Å². The number of nitrogens with zero attached hydrogens (tertiary/aromatic N) is 1. The maximum Gasteiger partial charge on any atom is 0.352 e. The summed E-state index contributed by atoms with van der Waals surface area (Å²) in [7, 11) is 0. The van der Waals surface area contributed by atoms with E-state index < -0.39 is 5.97 Å². The van der Waals surface area contributed by atoms with Crippen LogP contribution in [0, 0.1) is 6.92 Å². The van der Waals surface area contributed by atoms with Crippen LogP contribution in [0.2, 0.25) is 0 Å². The van der Waals surface area contributed by atoms with Gasteiger partial charge in [0.15, 0.2) is 0 Å². The van der Waals surface area contributed by atoms with Crippen LogP contribution in [-0.4, -0.2) is 21.7 Å². The molecule has 0 saturated heterocycles. The fourth-order valence-electron chi connectivity index (χ4n) is 3.38. The largest absolute Gasteiger partial charge is 0.477 e. The second kappa shape index (κ2) is 7.75. The molecule has 0 radical (unpaired) electrons. The molecule has 3 rings (SSSR count). The number of hydrogen-bond donors (Lipinski definition) is 2. The van der Waals surface area contributed by atoms with Crippen LogP contribution in [0.5, 0.6) is 0 Å². The van der Waals surface area contributed by atoms with Crippen molar-refractivity contribution in [3.63, 3.8) is 0 Å². The summed E-state index contributed by atoms with van der Waals surface area (Å²) in [4.78, 5) is 12.1. The van der Waals surface area contributed by atoms with Gasteiger partial charge in [-0.1, -0.05) is 55.0 Å². The SMILES string of the molecule is CC[C@H](C)NCc1c(C(=O)O)n(Cc2cccc(C)c2)c2ccccc12. The molecule has 1 aromatic heterocycles. The average Bonchev–Trinajstić information content (AvgIpc) is 2.93. The first-order valence-electron chi connectivity index (χ1n) is 9.13. The summed E-state index contributed by atoms with van der Waals surface area (Å²) in [6.45, 7) is 7.39. The molecule has 26 heavy (non-hydrogen) atoms. The number of carboxylic acids is 1. The number of benzene rings is 2. The maximum absolute atomic E-state index is 12.1. The monoisotopic (exact) mass is 350 g/mol. The molecular weight excluding hydrogens is 324 g/mol. The van der Waals surface area contributed by atoms with E-state index in [1.165, 1.54) is 5.56 Å². The van der Waals surface area contributed by atoms with Crippen molar-refractivity contribution in [2.45, 2.75) is 46.3 Å². The van der Waals surface area contributed by atoms with Crippen LogP contribution < -0.4 is 5.32 Å². The summed E-state index contributed by atoms with van der Waals surface area (Å²) < 4.78 is 1.93. The van der Waals surface area contributed by atoms with Crippen molar-refractivity contribution in [1.82, 2.24) is 9.88 Å². The van der Waals surface area contributed by atoms with Gasteiger partial charge < -0.3 is 15.0 Å². The molecule has 136 valence electrons. The lowest BCUT2D eigenvalue weighted by molar-refractivity contribution is 0.0684.